The minimum Gasteiger partial charge on any atom is -0.506 e. The van der Waals surface area contributed by atoms with E-state index in [4.69, 9.17) is 0 Å². The standard InChI is InChI=1S/C26H29N7O2/c1-5-26(35)31-21-12-22(24(34)14-23(21)33(4)11-10-32(2)3)30-25-13-20(28-16-29-25)18-15-27-19-9-7-6-8-17(18)19/h5-9,12-16,27,34H,1,10-11H2,2-4H3,(H,31,35)(H,28,29,30). The molecule has 0 saturated carbocycles. The van der Waals surface area contributed by atoms with Gasteiger partial charge in [-0.3, -0.25) is 4.79 Å². The van der Waals surface area contributed by atoms with Crippen molar-refractivity contribution in [2.75, 3.05) is 49.8 Å². The predicted molar refractivity (Wildman–Crippen MR) is 141 cm³/mol. The molecule has 35 heavy (non-hydrogen) atoms. The van der Waals surface area contributed by atoms with Gasteiger partial charge in [0.15, 0.2) is 0 Å². The second kappa shape index (κ2) is 10.3. The first-order valence-corrected chi connectivity index (χ1v) is 11.2. The summed E-state index contributed by atoms with van der Waals surface area (Å²) in [6.45, 7) is 5.05. The van der Waals surface area contributed by atoms with E-state index in [0.29, 0.717) is 29.4 Å². The normalized spacial score (nSPS) is 11.0. The van der Waals surface area contributed by atoms with E-state index in [0.717, 1.165) is 28.7 Å². The lowest BCUT2D eigenvalue weighted by Gasteiger charge is -2.25. The highest BCUT2D eigenvalue weighted by Crippen LogP contribution is 2.38. The minimum atomic E-state index is -0.340. The number of phenols is 1. The Bertz CT molecular complexity index is 1360. The van der Waals surface area contributed by atoms with Crippen LogP contribution in [0, 0.1) is 0 Å². The van der Waals surface area contributed by atoms with Crippen LogP contribution in [0.15, 0.2) is 67.6 Å². The van der Waals surface area contributed by atoms with Crippen molar-refractivity contribution in [3.63, 3.8) is 0 Å². The lowest BCUT2D eigenvalue weighted by molar-refractivity contribution is -0.111. The Balaban J connectivity index is 1.66. The van der Waals surface area contributed by atoms with E-state index in [1.54, 1.807) is 12.1 Å². The number of amides is 1. The maximum absolute atomic E-state index is 12.1. The first kappa shape index (κ1) is 23.8. The lowest BCUT2D eigenvalue weighted by atomic mass is 10.1. The molecule has 0 aliphatic rings. The zero-order chi connectivity index (χ0) is 24.9. The molecule has 0 saturated heterocycles. The van der Waals surface area contributed by atoms with Crippen molar-refractivity contribution in [1.29, 1.82) is 0 Å². The number of carbonyl (C=O) groups excluding carboxylic acids is 1. The maximum Gasteiger partial charge on any atom is 0.247 e. The SMILES string of the molecule is C=CC(=O)Nc1cc(Nc2cc(-c3c[nH]c4ccccc34)ncn2)c(O)cc1N(C)CCN(C)C. The largest absolute Gasteiger partial charge is 0.506 e. The molecule has 0 radical (unpaired) electrons. The van der Waals surface area contributed by atoms with Crippen LogP contribution in [-0.4, -0.2) is 65.1 Å². The van der Waals surface area contributed by atoms with Crippen LogP contribution in [0.5, 0.6) is 5.75 Å². The monoisotopic (exact) mass is 471 g/mol. The number of fused-ring (bicyclic) bond motifs is 1. The Morgan fingerprint density at radius 1 is 1.11 bits per heavy atom. The van der Waals surface area contributed by atoms with Gasteiger partial charge in [-0.25, -0.2) is 9.97 Å². The molecular weight excluding hydrogens is 442 g/mol. The summed E-state index contributed by atoms with van der Waals surface area (Å²) in [4.78, 5) is 28.1. The van der Waals surface area contributed by atoms with Crippen LogP contribution in [0.25, 0.3) is 22.2 Å². The lowest BCUT2D eigenvalue weighted by Crippen LogP contribution is -2.29. The number of hydrogen-bond donors (Lipinski definition) is 4. The fraction of sp³-hybridized carbons (Fsp3) is 0.192. The van der Waals surface area contributed by atoms with E-state index in [2.05, 4.69) is 37.1 Å². The summed E-state index contributed by atoms with van der Waals surface area (Å²) in [6, 6.07) is 13.1. The predicted octanol–water partition coefficient (Wildman–Crippen LogP) is 4.20. The highest BCUT2D eigenvalue weighted by Gasteiger charge is 2.16. The average molecular weight is 472 g/mol. The highest BCUT2D eigenvalue weighted by atomic mass is 16.3. The van der Waals surface area contributed by atoms with E-state index in [1.165, 1.54) is 12.4 Å². The molecule has 2 heterocycles. The molecule has 4 rings (SSSR count). The summed E-state index contributed by atoms with van der Waals surface area (Å²) in [7, 11) is 5.89. The van der Waals surface area contributed by atoms with E-state index in [-0.39, 0.29) is 11.7 Å². The van der Waals surface area contributed by atoms with Crippen molar-refractivity contribution in [3.8, 4) is 17.0 Å². The van der Waals surface area contributed by atoms with Gasteiger partial charge in [-0.1, -0.05) is 24.8 Å². The molecule has 0 bridgehead atoms. The van der Waals surface area contributed by atoms with Gasteiger partial charge in [0.1, 0.15) is 17.9 Å². The number of anilines is 4. The third kappa shape index (κ3) is 5.42. The van der Waals surface area contributed by atoms with Crippen LogP contribution < -0.4 is 15.5 Å². The van der Waals surface area contributed by atoms with Crippen LogP contribution in [-0.2, 0) is 4.79 Å². The number of carbonyl (C=O) groups is 1. The average Bonchev–Trinajstić information content (AvgIpc) is 3.28. The van der Waals surface area contributed by atoms with Crippen LogP contribution in [0.4, 0.5) is 22.9 Å². The minimum absolute atomic E-state index is 0.0283. The number of benzene rings is 2. The first-order valence-electron chi connectivity index (χ1n) is 11.2. The molecule has 0 unspecified atom stereocenters. The van der Waals surface area contributed by atoms with Crippen molar-refractivity contribution in [2.24, 2.45) is 0 Å². The summed E-state index contributed by atoms with van der Waals surface area (Å²) in [5, 5.41) is 17.9. The van der Waals surface area contributed by atoms with Gasteiger partial charge in [0, 0.05) is 54.9 Å². The number of likely N-dealkylation sites (N-methyl/N-ethyl adjacent to an activating group) is 2. The van der Waals surface area contributed by atoms with Crippen molar-refractivity contribution < 1.29 is 9.90 Å². The highest BCUT2D eigenvalue weighted by molar-refractivity contribution is 6.02. The van der Waals surface area contributed by atoms with Crippen LogP contribution in [0.3, 0.4) is 0 Å². The van der Waals surface area contributed by atoms with Gasteiger partial charge in [0.25, 0.3) is 0 Å². The van der Waals surface area contributed by atoms with Gasteiger partial charge in [-0.05, 0) is 32.3 Å². The molecule has 1 amide bonds. The van der Waals surface area contributed by atoms with Crippen LogP contribution in [0.2, 0.25) is 0 Å². The van der Waals surface area contributed by atoms with Crippen molar-refractivity contribution >= 4 is 39.7 Å². The number of phenolic OH excluding ortho intramolecular Hbond substituents is 1. The second-order valence-corrected chi connectivity index (χ2v) is 8.47. The third-order valence-corrected chi connectivity index (χ3v) is 5.65. The molecule has 2 aromatic carbocycles. The molecule has 0 spiro atoms. The Hall–Kier alpha value is -4.37. The molecule has 4 N–H and O–H groups in total. The molecule has 0 aliphatic heterocycles. The quantitative estimate of drug-likeness (QED) is 0.165. The summed E-state index contributed by atoms with van der Waals surface area (Å²) >= 11 is 0. The van der Waals surface area contributed by atoms with E-state index in [9.17, 15) is 9.90 Å². The number of aromatic amines is 1. The van der Waals surface area contributed by atoms with E-state index >= 15 is 0 Å². The number of hydrogen-bond acceptors (Lipinski definition) is 7. The van der Waals surface area contributed by atoms with Crippen LogP contribution >= 0.6 is 0 Å². The number of H-pyrrole nitrogens is 1. The van der Waals surface area contributed by atoms with Crippen molar-refractivity contribution in [1.82, 2.24) is 19.9 Å². The van der Waals surface area contributed by atoms with Gasteiger partial charge < -0.3 is 30.5 Å². The molecule has 4 aromatic rings. The van der Waals surface area contributed by atoms with Gasteiger partial charge in [0.05, 0.1) is 22.8 Å². The number of para-hydroxylation sites is 1. The van der Waals surface area contributed by atoms with Crippen molar-refractivity contribution in [3.05, 3.63) is 67.6 Å². The van der Waals surface area contributed by atoms with Gasteiger partial charge in [0.2, 0.25) is 5.91 Å². The fourth-order valence-corrected chi connectivity index (χ4v) is 3.74. The Kier molecular flexibility index (Phi) is 6.98. The molecule has 9 heteroatoms. The Labute approximate surface area is 204 Å². The summed E-state index contributed by atoms with van der Waals surface area (Å²) in [5.74, 6) is 0.193. The second-order valence-electron chi connectivity index (χ2n) is 8.47. The van der Waals surface area contributed by atoms with Crippen LogP contribution in [0.1, 0.15) is 0 Å². The molecule has 0 atom stereocenters. The molecule has 2 aromatic heterocycles. The molecular formula is C26H29N7O2. The number of aromatic hydroxyl groups is 1. The molecule has 180 valence electrons. The van der Waals surface area contributed by atoms with Crippen molar-refractivity contribution in [2.45, 2.75) is 0 Å². The smallest absolute Gasteiger partial charge is 0.247 e. The topological polar surface area (TPSA) is 109 Å². The maximum atomic E-state index is 12.1. The molecule has 0 aliphatic carbocycles. The summed E-state index contributed by atoms with van der Waals surface area (Å²) < 4.78 is 0. The van der Waals surface area contributed by atoms with Gasteiger partial charge in [-0.15, -0.1) is 0 Å². The molecule has 0 fully saturated rings. The summed E-state index contributed by atoms with van der Waals surface area (Å²) in [5.41, 5.74) is 4.34. The summed E-state index contributed by atoms with van der Waals surface area (Å²) in [6.07, 6.45) is 4.59. The zero-order valence-electron chi connectivity index (χ0n) is 20.0. The first-order chi connectivity index (χ1) is 16.9. The Morgan fingerprint density at radius 2 is 1.91 bits per heavy atom. The van der Waals surface area contributed by atoms with E-state index < -0.39 is 0 Å². The number of nitrogens with one attached hydrogen (secondary N) is 3. The van der Waals surface area contributed by atoms with Gasteiger partial charge in [-0.2, -0.15) is 0 Å². The number of rotatable bonds is 9. The Morgan fingerprint density at radius 3 is 2.69 bits per heavy atom. The van der Waals surface area contributed by atoms with E-state index in [1.807, 2.05) is 62.6 Å². The third-order valence-electron chi connectivity index (χ3n) is 5.65. The number of nitrogens with zero attached hydrogens (tertiary/aromatic N) is 4. The zero-order valence-corrected chi connectivity index (χ0v) is 20.0. The molecule has 9 nitrogen and oxygen atoms in total. The van der Waals surface area contributed by atoms with Gasteiger partial charge >= 0.3 is 0 Å². The number of aromatic nitrogens is 3. The fourth-order valence-electron chi connectivity index (χ4n) is 3.74.